The molecule has 1 aromatic heterocycles. The highest BCUT2D eigenvalue weighted by molar-refractivity contribution is 7.89. The van der Waals surface area contributed by atoms with Crippen LogP contribution in [0.1, 0.15) is 18.4 Å². The number of aromatic nitrogens is 1. The highest BCUT2D eigenvalue weighted by atomic mass is 32.2. The van der Waals surface area contributed by atoms with E-state index in [1.807, 2.05) is 6.92 Å². The third-order valence-corrected chi connectivity index (χ3v) is 8.45. The van der Waals surface area contributed by atoms with Gasteiger partial charge in [-0.2, -0.15) is 9.30 Å². The van der Waals surface area contributed by atoms with Crippen LogP contribution in [0.3, 0.4) is 0 Å². The van der Waals surface area contributed by atoms with E-state index in [0.29, 0.717) is 35.5 Å². The number of carbonyl (C=O) groups excluding carboxylic acids is 1. The summed E-state index contributed by atoms with van der Waals surface area (Å²) < 4.78 is 48.9. The van der Waals surface area contributed by atoms with Gasteiger partial charge in [-0.05, 0) is 50.1 Å². The normalized spacial score (nSPS) is 18.0. The highest BCUT2D eigenvalue weighted by Gasteiger charge is 2.39. The van der Waals surface area contributed by atoms with E-state index in [4.69, 9.17) is 4.74 Å². The molecule has 0 radical (unpaired) electrons. The van der Waals surface area contributed by atoms with Gasteiger partial charge in [-0.25, -0.2) is 12.8 Å². The van der Waals surface area contributed by atoms with Crippen molar-refractivity contribution in [1.82, 2.24) is 8.87 Å². The van der Waals surface area contributed by atoms with Crippen LogP contribution in [-0.2, 0) is 26.1 Å². The molecule has 0 bridgehead atoms. The summed E-state index contributed by atoms with van der Waals surface area (Å²) in [5.41, 5.74) is 1.70. The topological polar surface area (TPSA) is 81.0 Å². The van der Waals surface area contributed by atoms with Gasteiger partial charge in [-0.15, -0.1) is 0 Å². The molecule has 2 heterocycles. The van der Waals surface area contributed by atoms with Gasteiger partial charge in [0.15, 0.2) is 4.80 Å². The number of hydrogen-bond acceptors (Lipinski definition) is 5. The number of aryl methyl sites for hydroxylation is 1. The van der Waals surface area contributed by atoms with Crippen LogP contribution in [0.25, 0.3) is 10.2 Å². The molecular formula is C22H24FN3O4S2. The molecule has 1 fully saturated rings. The molecule has 1 aliphatic rings. The molecule has 1 amide bonds. The minimum atomic E-state index is -3.82. The SMILES string of the molecule is COCCn1c(=NC(=O)C2CCCN2S(=O)(=O)c2ccc(C)cc2)sc2cc(F)ccc21. The summed E-state index contributed by atoms with van der Waals surface area (Å²) in [6.07, 6.45) is 0.989. The van der Waals surface area contributed by atoms with E-state index in [-0.39, 0.29) is 17.3 Å². The Hall–Kier alpha value is -2.40. The van der Waals surface area contributed by atoms with Crippen molar-refractivity contribution in [1.29, 1.82) is 0 Å². The van der Waals surface area contributed by atoms with Crippen molar-refractivity contribution in [3.05, 3.63) is 58.6 Å². The lowest BCUT2D eigenvalue weighted by Crippen LogP contribution is -2.40. The van der Waals surface area contributed by atoms with Gasteiger partial charge in [0.1, 0.15) is 11.9 Å². The second-order valence-electron chi connectivity index (χ2n) is 7.68. The Kier molecular flexibility index (Phi) is 6.57. The Bertz CT molecular complexity index is 1310. The molecule has 3 aromatic rings. The van der Waals surface area contributed by atoms with Gasteiger partial charge < -0.3 is 9.30 Å². The predicted molar refractivity (Wildman–Crippen MR) is 120 cm³/mol. The zero-order valence-electron chi connectivity index (χ0n) is 17.8. The molecule has 1 unspecified atom stereocenters. The van der Waals surface area contributed by atoms with Crippen molar-refractivity contribution in [2.75, 3.05) is 20.3 Å². The second kappa shape index (κ2) is 9.22. The van der Waals surface area contributed by atoms with Crippen LogP contribution in [0.4, 0.5) is 4.39 Å². The number of nitrogens with zero attached hydrogens (tertiary/aromatic N) is 3. The zero-order valence-corrected chi connectivity index (χ0v) is 19.5. The number of hydrogen-bond donors (Lipinski definition) is 0. The number of methoxy groups -OCH3 is 1. The zero-order chi connectivity index (χ0) is 22.9. The fourth-order valence-corrected chi connectivity index (χ4v) is 6.56. The van der Waals surface area contributed by atoms with Crippen LogP contribution < -0.4 is 4.80 Å². The maximum absolute atomic E-state index is 13.7. The minimum absolute atomic E-state index is 0.162. The van der Waals surface area contributed by atoms with Crippen LogP contribution in [-0.4, -0.2) is 49.5 Å². The number of amides is 1. The number of fused-ring (bicyclic) bond motifs is 1. The van der Waals surface area contributed by atoms with E-state index in [2.05, 4.69) is 4.99 Å². The van der Waals surface area contributed by atoms with Gasteiger partial charge in [0.25, 0.3) is 5.91 Å². The quantitative estimate of drug-likeness (QED) is 0.547. The van der Waals surface area contributed by atoms with E-state index in [1.54, 1.807) is 42.0 Å². The average molecular weight is 478 g/mol. The number of halogens is 1. The molecule has 1 saturated heterocycles. The lowest BCUT2D eigenvalue weighted by Gasteiger charge is -2.21. The van der Waals surface area contributed by atoms with E-state index >= 15 is 0 Å². The third kappa shape index (κ3) is 4.40. The highest BCUT2D eigenvalue weighted by Crippen LogP contribution is 2.27. The molecular weight excluding hydrogens is 453 g/mol. The number of ether oxygens (including phenoxy) is 1. The van der Waals surface area contributed by atoms with Crippen molar-refractivity contribution >= 4 is 37.5 Å². The van der Waals surface area contributed by atoms with Crippen molar-refractivity contribution < 1.29 is 22.3 Å². The molecule has 0 N–H and O–H groups in total. The fraction of sp³-hybridized carbons (Fsp3) is 0.364. The Balaban J connectivity index is 1.71. The van der Waals surface area contributed by atoms with E-state index in [0.717, 1.165) is 11.1 Å². The number of rotatable bonds is 6. The Labute approximate surface area is 189 Å². The predicted octanol–water partition coefficient (Wildman–Crippen LogP) is 3.08. The van der Waals surface area contributed by atoms with Crippen LogP contribution in [0.15, 0.2) is 52.4 Å². The summed E-state index contributed by atoms with van der Waals surface area (Å²) in [5.74, 6) is -0.891. The fourth-order valence-electron chi connectivity index (χ4n) is 3.82. The van der Waals surface area contributed by atoms with Crippen molar-refractivity contribution in [2.45, 2.75) is 37.2 Å². The Morgan fingerprint density at radius 1 is 1.25 bits per heavy atom. The largest absolute Gasteiger partial charge is 0.383 e. The molecule has 10 heteroatoms. The average Bonchev–Trinajstić information content (AvgIpc) is 3.37. The van der Waals surface area contributed by atoms with E-state index < -0.39 is 22.0 Å². The summed E-state index contributed by atoms with van der Waals surface area (Å²) in [5, 5.41) is 0. The first-order valence-corrected chi connectivity index (χ1v) is 12.5. The molecule has 0 saturated carbocycles. The van der Waals surface area contributed by atoms with Crippen molar-refractivity contribution in [3.8, 4) is 0 Å². The van der Waals surface area contributed by atoms with Gasteiger partial charge in [-0.3, -0.25) is 4.79 Å². The maximum Gasteiger partial charge on any atom is 0.266 e. The monoisotopic (exact) mass is 477 g/mol. The van der Waals surface area contributed by atoms with Gasteiger partial charge in [0.2, 0.25) is 10.0 Å². The summed E-state index contributed by atoms with van der Waals surface area (Å²) in [7, 11) is -2.24. The molecule has 4 rings (SSSR count). The van der Waals surface area contributed by atoms with Crippen molar-refractivity contribution in [2.24, 2.45) is 4.99 Å². The second-order valence-corrected chi connectivity index (χ2v) is 10.6. The smallest absolute Gasteiger partial charge is 0.266 e. The van der Waals surface area contributed by atoms with E-state index in [9.17, 15) is 17.6 Å². The summed E-state index contributed by atoms with van der Waals surface area (Å²) in [4.78, 5) is 18.0. The lowest BCUT2D eigenvalue weighted by atomic mass is 10.2. The number of sulfonamides is 1. The first-order valence-electron chi connectivity index (χ1n) is 10.3. The van der Waals surface area contributed by atoms with Gasteiger partial charge in [0.05, 0.1) is 21.7 Å². The first-order chi connectivity index (χ1) is 15.3. The van der Waals surface area contributed by atoms with Gasteiger partial charge >= 0.3 is 0 Å². The third-order valence-electron chi connectivity index (χ3n) is 5.49. The molecule has 1 aliphatic heterocycles. The van der Waals surface area contributed by atoms with E-state index in [1.165, 1.54) is 27.8 Å². The summed E-state index contributed by atoms with van der Waals surface area (Å²) in [6.45, 7) is 2.98. The Morgan fingerprint density at radius 2 is 2.00 bits per heavy atom. The van der Waals surface area contributed by atoms with Gasteiger partial charge in [0, 0.05) is 20.2 Å². The summed E-state index contributed by atoms with van der Waals surface area (Å²) >= 11 is 1.19. The van der Waals surface area contributed by atoms with Gasteiger partial charge in [-0.1, -0.05) is 29.0 Å². The molecule has 170 valence electrons. The minimum Gasteiger partial charge on any atom is -0.383 e. The first kappa shape index (κ1) is 22.8. The molecule has 0 aliphatic carbocycles. The molecule has 1 atom stereocenters. The number of benzene rings is 2. The summed E-state index contributed by atoms with van der Waals surface area (Å²) in [6, 6.07) is 10.1. The molecule has 0 spiro atoms. The molecule has 32 heavy (non-hydrogen) atoms. The molecule has 7 nitrogen and oxygen atoms in total. The number of carbonyl (C=O) groups is 1. The Morgan fingerprint density at radius 3 is 2.72 bits per heavy atom. The maximum atomic E-state index is 13.7. The standard InChI is InChI=1S/C22H24FN3O4S2/c1-15-5-8-17(9-6-15)32(28,29)26-11-3-4-19(26)21(27)24-22-25(12-13-30-2)18-10-7-16(23)14-20(18)31-22/h5-10,14,19H,3-4,11-13H2,1-2H3. The molecule has 2 aromatic carbocycles. The van der Waals surface area contributed by atoms with Crippen LogP contribution in [0.2, 0.25) is 0 Å². The van der Waals surface area contributed by atoms with Crippen LogP contribution >= 0.6 is 11.3 Å². The van der Waals surface area contributed by atoms with Crippen LogP contribution in [0, 0.1) is 12.7 Å². The lowest BCUT2D eigenvalue weighted by molar-refractivity contribution is -0.121. The number of thiazole rings is 1. The van der Waals surface area contributed by atoms with Crippen LogP contribution in [0.5, 0.6) is 0 Å². The van der Waals surface area contributed by atoms with Crippen molar-refractivity contribution in [3.63, 3.8) is 0 Å².